The first kappa shape index (κ1) is 12.6. The maximum atomic E-state index is 13.3. The number of hydrogen-bond acceptors (Lipinski definition) is 2. The lowest BCUT2D eigenvalue weighted by molar-refractivity contribution is 0.587. The molecular formula is C13H11ClF2N2. The second-order valence-electron chi connectivity index (χ2n) is 3.91. The van der Waals surface area contributed by atoms with Gasteiger partial charge in [-0.05, 0) is 24.6 Å². The maximum Gasteiger partial charge on any atom is 0.151 e. The van der Waals surface area contributed by atoms with E-state index in [1.165, 1.54) is 0 Å². The molecule has 0 aliphatic rings. The predicted molar refractivity (Wildman–Crippen MR) is 70.2 cm³/mol. The fourth-order valence-corrected chi connectivity index (χ4v) is 1.88. The molecule has 2 aromatic rings. The Morgan fingerprint density at radius 2 is 1.94 bits per heavy atom. The molecule has 0 heterocycles. The Morgan fingerprint density at radius 1 is 1.22 bits per heavy atom. The minimum atomic E-state index is -0.804. The van der Waals surface area contributed by atoms with Gasteiger partial charge in [-0.2, -0.15) is 0 Å². The van der Waals surface area contributed by atoms with Crippen LogP contribution in [0.1, 0.15) is 5.56 Å². The van der Waals surface area contributed by atoms with Gasteiger partial charge in [-0.1, -0.05) is 23.7 Å². The Morgan fingerprint density at radius 3 is 2.61 bits per heavy atom. The third-order valence-corrected chi connectivity index (χ3v) is 2.89. The van der Waals surface area contributed by atoms with Crippen LogP contribution in [-0.4, -0.2) is 0 Å². The highest BCUT2D eigenvalue weighted by molar-refractivity contribution is 6.33. The van der Waals surface area contributed by atoms with E-state index in [4.69, 9.17) is 17.3 Å². The molecule has 0 aliphatic heterocycles. The van der Waals surface area contributed by atoms with Crippen LogP contribution >= 0.6 is 11.6 Å². The molecule has 0 unspecified atom stereocenters. The summed E-state index contributed by atoms with van der Waals surface area (Å²) in [5.74, 6) is -1.50. The minimum absolute atomic E-state index is 0.143. The molecule has 2 aromatic carbocycles. The molecule has 0 atom stereocenters. The minimum Gasteiger partial charge on any atom is -0.395 e. The smallest absolute Gasteiger partial charge is 0.151 e. The molecule has 0 spiro atoms. The van der Waals surface area contributed by atoms with E-state index in [2.05, 4.69) is 5.32 Å². The van der Waals surface area contributed by atoms with Crippen LogP contribution in [-0.2, 0) is 0 Å². The molecule has 94 valence electrons. The van der Waals surface area contributed by atoms with Gasteiger partial charge in [0.15, 0.2) is 5.82 Å². The Bertz CT molecular complexity index is 580. The largest absolute Gasteiger partial charge is 0.395 e. The Hall–Kier alpha value is -1.81. The third kappa shape index (κ3) is 2.38. The molecule has 2 nitrogen and oxygen atoms in total. The fraction of sp³-hybridized carbons (Fsp3) is 0.0769. The normalized spacial score (nSPS) is 10.4. The lowest BCUT2D eigenvalue weighted by atomic mass is 10.2. The Labute approximate surface area is 108 Å². The van der Waals surface area contributed by atoms with Gasteiger partial charge in [0.05, 0.1) is 22.1 Å². The topological polar surface area (TPSA) is 38.0 Å². The highest BCUT2D eigenvalue weighted by atomic mass is 35.5. The summed E-state index contributed by atoms with van der Waals surface area (Å²) in [5, 5.41) is 3.31. The van der Waals surface area contributed by atoms with Crippen molar-refractivity contribution in [2.24, 2.45) is 0 Å². The van der Waals surface area contributed by atoms with Crippen molar-refractivity contribution in [2.75, 3.05) is 11.1 Å². The summed E-state index contributed by atoms with van der Waals surface area (Å²) in [4.78, 5) is 0. The Kier molecular flexibility index (Phi) is 3.39. The van der Waals surface area contributed by atoms with Crippen molar-refractivity contribution < 1.29 is 8.78 Å². The first-order chi connectivity index (χ1) is 8.49. The van der Waals surface area contributed by atoms with E-state index in [0.29, 0.717) is 10.7 Å². The average molecular weight is 269 g/mol. The zero-order valence-electron chi connectivity index (χ0n) is 9.60. The van der Waals surface area contributed by atoms with Crippen LogP contribution < -0.4 is 11.1 Å². The summed E-state index contributed by atoms with van der Waals surface area (Å²) < 4.78 is 26.4. The molecule has 2 rings (SSSR count). The van der Waals surface area contributed by atoms with Crippen LogP contribution in [0.15, 0.2) is 30.3 Å². The molecule has 0 fully saturated rings. The predicted octanol–water partition coefficient (Wildman–Crippen LogP) is 4.25. The van der Waals surface area contributed by atoms with E-state index in [1.807, 2.05) is 13.0 Å². The zero-order chi connectivity index (χ0) is 13.3. The summed E-state index contributed by atoms with van der Waals surface area (Å²) in [6.07, 6.45) is 0. The summed E-state index contributed by atoms with van der Waals surface area (Å²) in [6.45, 7) is 1.83. The fourth-order valence-electron chi connectivity index (χ4n) is 1.61. The van der Waals surface area contributed by atoms with Crippen molar-refractivity contribution in [2.45, 2.75) is 6.92 Å². The second-order valence-corrected chi connectivity index (χ2v) is 4.31. The molecule has 0 saturated heterocycles. The second kappa shape index (κ2) is 4.82. The van der Waals surface area contributed by atoms with Gasteiger partial charge in [0.1, 0.15) is 5.82 Å². The zero-order valence-corrected chi connectivity index (χ0v) is 10.4. The van der Waals surface area contributed by atoms with Gasteiger partial charge in [0.2, 0.25) is 0 Å². The van der Waals surface area contributed by atoms with Crippen molar-refractivity contribution in [3.63, 3.8) is 0 Å². The van der Waals surface area contributed by atoms with Crippen molar-refractivity contribution >= 4 is 28.7 Å². The van der Waals surface area contributed by atoms with Gasteiger partial charge in [-0.25, -0.2) is 8.78 Å². The van der Waals surface area contributed by atoms with Gasteiger partial charge in [0.25, 0.3) is 0 Å². The van der Waals surface area contributed by atoms with E-state index >= 15 is 0 Å². The lowest BCUT2D eigenvalue weighted by Crippen LogP contribution is -2.01. The monoisotopic (exact) mass is 268 g/mol. The molecule has 0 saturated carbocycles. The number of para-hydroxylation sites is 1. The number of nitrogens with two attached hydrogens (primary N) is 1. The number of nitrogen functional groups attached to an aromatic ring is 1. The number of rotatable bonds is 2. The first-order valence-corrected chi connectivity index (χ1v) is 5.63. The van der Waals surface area contributed by atoms with Crippen LogP contribution in [0.2, 0.25) is 5.02 Å². The highest BCUT2D eigenvalue weighted by Crippen LogP contribution is 2.32. The number of benzene rings is 2. The van der Waals surface area contributed by atoms with Crippen molar-refractivity contribution in [3.05, 3.63) is 52.6 Å². The number of hydrogen-bond donors (Lipinski definition) is 2. The third-order valence-electron chi connectivity index (χ3n) is 2.58. The van der Waals surface area contributed by atoms with Gasteiger partial charge in [-0.3, -0.25) is 0 Å². The standard InChI is InChI=1S/C13H11ClF2N2/c1-7-3-2-4-9(14)13(7)18-11-6-8(15)5-10(16)12(11)17/h2-6,18H,17H2,1H3. The van der Waals surface area contributed by atoms with Crippen LogP contribution in [0.25, 0.3) is 0 Å². The van der Waals surface area contributed by atoms with E-state index in [-0.39, 0.29) is 11.4 Å². The highest BCUT2D eigenvalue weighted by Gasteiger charge is 2.11. The van der Waals surface area contributed by atoms with Crippen LogP contribution in [0.3, 0.4) is 0 Å². The molecule has 5 heteroatoms. The first-order valence-electron chi connectivity index (χ1n) is 5.25. The number of halogens is 3. The lowest BCUT2D eigenvalue weighted by Gasteiger charge is -2.13. The molecular weight excluding hydrogens is 258 g/mol. The number of nitrogens with one attached hydrogen (secondary N) is 1. The van der Waals surface area contributed by atoms with E-state index in [1.54, 1.807) is 12.1 Å². The van der Waals surface area contributed by atoms with Gasteiger partial charge in [-0.15, -0.1) is 0 Å². The van der Waals surface area contributed by atoms with Crippen molar-refractivity contribution in [3.8, 4) is 0 Å². The van der Waals surface area contributed by atoms with Gasteiger partial charge >= 0.3 is 0 Å². The average Bonchev–Trinajstić information content (AvgIpc) is 2.30. The van der Waals surface area contributed by atoms with Gasteiger partial charge < -0.3 is 11.1 Å². The molecule has 0 aliphatic carbocycles. The van der Waals surface area contributed by atoms with Crippen molar-refractivity contribution in [1.82, 2.24) is 0 Å². The SMILES string of the molecule is Cc1cccc(Cl)c1Nc1cc(F)cc(F)c1N. The quantitative estimate of drug-likeness (QED) is 0.799. The maximum absolute atomic E-state index is 13.3. The van der Waals surface area contributed by atoms with Crippen molar-refractivity contribution in [1.29, 1.82) is 0 Å². The number of anilines is 3. The summed E-state index contributed by atoms with van der Waals surface area (Å²) in [6, 6.07) is 7.17. The molecule has 3 N–H and O–H groups in total. The molecule has 0 bridgehead atoms. The van der Waals surface area contributed by atoms with Crippen LogP contribution in [0.5, 0.6) is 0 Å². The van der Waals surface area contributed by atoms with Crippen LogP contribution in [0.4, 0.5) is 25.8 Å². The van der Waals surface area contributed by atoms with Gasteiger partial charge in [0, 0.05) is 6.07 Å². The number of aryl methyl sites for hydroxylation is 1. The molecule has 0 radical (unpaired) electrons. The van der Waals surface area contributed by atoms with E-state index in [9.17, 15) is 8.78 Å². The van der Waals surface area contributed by atoms with E-state index in [0.717, 1.165) is 17.7 Å². The summed E-state index contributed by atoms with van der Waals surface area (Å²) in [5.41, 5.74) is 7.00. The Balaban J connectivity index is 2.46. The molecule has 0 amide bonds. The summed E-state index contributed by atoms with van der Waals surface area (Å²) in [7, 11) is 0. The van der Waals surface area contributed by atoms with E-state index < -0.39 is 11.6 Å². The molecule has 0 aromatic heterocycles. The molecule has 18 heavy (non-hydrogen) atoms. The summed E-state index contributed by atoms with van der Waals surface area (Å²) >= 11 is 6.02. The van der Waals surface area contributed by atoms with Crippen LogP contribution in [0, 0.1) is 18.6 Å².